The summed E-state index contributed by atoms with van der Waals surface area (Å²) < 4.78 is 14.1. The average molecular weight is 256 g/mol. The summed E-state index contributed by atoms with van der Waals surface area (Å²) in [5.41, 5.74) is 0.649. The summed E-state index contributed by atoms with van der Waals surface area (Å²) in [6.45, 7) is 1.22. The maximum atomic E-state index is 13.2. The van der Waals surface area contributed by atoms with Crippen LogP contribution in [0.4, 0.5) is 4.39 Å². The lowest BCUT2D eigenvalue weighted by atomic mass is 10.2. The van der Waals surface area contributed by atoms with Crippen molar-refractivity contribution in [2.75, 3.05) is 6.54 Å². The molecule has 0 aliphatic rings. The van der Waals surface area contributed by atoms with Gasteiger partial charge in [-0.25, -0.2) is 4.39 Å². The first-order chi connectivity index (χ1) is 6.74. The molecule has 1 aromatic carbocycles. The first-order valence-corrected chi connectivity index (χ1v) is 5.11. The fraction of sp³-hybridized carbons (Fsp3) is 0.273. The molecule has 1 nitrogen and oxygen atoms in total. The molecule has 0 fully saturated rings. The zero-order chi connectivity index (χ0) is 10.4. The molecule has 0 unspecified atom stereocenters. The standard InChI is InChI=1S/C11H11BrFN/c1-2-3-6-14-8-9-7-10(12)4-5-11(9)13/h1,4-5,7,14H,3,6,8H2. The highest BCUT2D eigenvalue weighted by Crippen LogP contribution is 2.15. The Hall–Kier alpha value is -0.850. The van der Waals surface area contributed by atoms with Crippen LogP contribution in [0.3, 0.4) is 0 Å². The van der Waals surface area contributed by atoms with E-state index in [1.54, 1.807) is 12.1 Å². The first-order valence-electron chi connectivity index (χ1n) is 4.32. The molecule has 0 radical (unpaired) electrons. The predicted octanol–water partition coefficient (Wildman–Crippen LogP) is 2.70. The zero-order valence-corrected chi connectivity index (χ0v) is 9.27. The van der Waals surface area contributed by atoms with Crippen molar-refractivity contribution < 1.29 is 4.39 Å². The average Bonchev–Trinajstić information content (AvgIpc) is 2.18. The molecular formula is C11H11BrFN. The third-order valence-corrected chi connectivity index (χ3v) is 2.26. The van der Waals surface area contributed by atoms with Gasteiger partial charge in [0.15, 0.2) is 0 Å². The Morgan fingerprint density at radius 2 is 2.29 bits per heavy atom. The van der Waals surface area contributed by atoms with Crippen molar-refractivity contribution in [3.8, 4) is 12.3 Å². The lowest BCUT2D eigenvalue weighted by molar-refractivity contribution is 0.590. The smallest absolute Gasteiger partial charge is 0.127 e. The number of hydrogen-bond acceptors (Lipinski definition) is 1. The summed E-state index contributed by atoms with van der Waals surface area (Å²) in [6, 6.07) is 4.89. The van der Waals surface area contributed by atoms with Gasteiger partial charge in [0, 0.05) is 29.5 Å². The summed E-state index contributed by atoms with van der Waals surface area (Å²) >= 11 is 3.29. The van der Waals surface area contributed by atoms with Crippen LogP contribution in [0, 0.1) is 18.2 Å². The van der Waals surface area contributed by atoms with E-state index in [-0.39, 0.29) is 5.82 Å². The number of halogens is 2. The van der Waals surface area contributed by atoms with Crippen LogP contribution in [0.15, 0.2) is 22.7 Å². The molecule has 0 heterocycles. The van der Waals surface area contributed by atoms with E-state index in [0.29, 0.717) is 25.1 Å². The highest BCUT2D eigenvalue weighted by molar-refractivity contribution is 9.10. The first kappa shape index (κ1) is 11.2. The fourth-order valence-corrected chi connectivity index (χ4v) is 1.47. The van der Waals surface area contributed by atoms with E-state index in [0.717, 1.165) is 4.47 Å². The van der Waals surface area contributed by atoms with Crippen molar-refractivity contribution >= 4 is 15.9 Å². The fourth-order valence-electron chi connectivity index (χ4n) is 1.06. The number of terminal acetylenes is 1. The molecule has 0 aliphatic heterocycles. The van der Waals surface area contributed by atoms with Gasteiger partial charge < -0.3 is 5.32 Å². The van der Waals surface area contributed by atoms with Gasteiger partial charge in [-0.3, -0.25) is 0 Å². The monoisotopic (exact) mass is 255 g/mol. The van der Waals surface area contributed by atoms with Crippen molar-refractivity contribution in [1.82, 2.24) is 5.32 Å². The molecule has 0 bridgehead atoms. The lowest BCUT2D eigenvalue weighted by Gasteiger charge is -2.04. The van der Waals surface area contributed by atoms with E-state index in [1.165, 1.54) is 6.07 Å². The largest absolute Gasteiger partial charge is 0.312 e. The van der Waals surface area contributed by atoms with E-state index in [4.69, 9.17) is 6.42 Å². The van der Waals surface area contributed by atoms with Crippen LogP contribution < -0.4 is 5.32 Å². The summed E-state index contributed by atoms with van der Waals surface area (Å²) in [5, 5.41) is 3.07. The Morgan fingerprint density at radius 1 is 1.50 bits per heavy atom. The minimum atomic E-state index is -0.193. The van der Waals surface area contributed by atoms with E-state index < -0.39 is 0 Å². The second-order valence-electron chi connectivity index (χ2n) is 2.87. The second-order valence-corrected chi connectivity index (χ2v) is 3.78. The topological polar surface area (TPSA) is 12.0 Å². The van der Waals surface area contributed by atoms with Crippen LogP contribution in [-0.2, 0) is 6.54 Å². The van der Waals surface area contributed by atoms with Crippen molar-refractivity contribution in [3.05, 3.63) is 34.1 Å². The van der Waals surface area contributed by atoms with Crippen LogP contribution in [0.5, 0.6) is 0 Å². The van der Waals surface area contributed by atoms with Gasteiger partial charge in [0.2, 0.25) is 0 Å². The van der Waals surface area contributed by atoms with Crippen molar-refractivity contribution in [1.29, 1.82) is 0 Å². The summed E-state index contributed by atoms with van der Waals surface area (Å²) in [6.07, 6.45) is 5.75. The molecule has 0 atom stereocenters. The maximum Gasteiger partial charge on any atom is 0.127 e. The third-order valence-electron chi connectivity index (χ3n) is 1.77. The minimum absolute atomic E-state index is 0.193. The van der Waals surface area contributed by atoms with Gasteiger partial charge in [-0.05, 0) is 18.2 Å². The summed E-state index contributed by atoms with van der Waals surface area (Å²) in [4.78, 5) is 0. The molecular weight excluding hydrogens is 245 g/mol. The molecule has 1 N–H and O–H groups in total. The zero-order valence-electron chi connectivity index (χ0n) is 7.69. The Balaban J connectivity index is 2.50. The van der Waals surface area contributed by atoms with E-state index >= 15 is 0 Å². The minimum Gasteiger partial charge on any atom is -0.312 e. The molecule has 0 saturated heterocycles. The molecule has 1 rings (SSSR count). The summed E-state index contributed by atoms with van der Waals surface area (Å²) in [5.74, 6) is 2.32. The molecule has 0 spiro atoms. The number of nitrogens with one attached hydrogen (secondary N) is 1. The van der Waals surface area contributed by atoms with Crippen molar-refractivity contribution in [3.63, 3.8) is 0 Å². The highest BCUT2D eigenvalue weighted by Gasteiger charge is 2.01. The molecule has 0 aromatic heterocycles. The highest BCUT2D eigenvalue weighted by atomic mass is 79.9. The lowest BCUT2D eigenvalue weighted by Crippen LogP contribution is -2.15. The van der Waals surface area contributed by atoms with Gasteiger partial charge in [-0.2, -0.15) is 0 Å². The van der Waals surface area contributed by atoms with Crippen molar-refractivity contribution in [2.24, 2.45) is 0 Å². The van der Waals surface area contributed by atoms with E-state index in [9.17, 15) is 4.39 Å². The Labute approximate surface area is 91.8 Å². The quantitative estimate of drug-likeness (QED) is 0.645. The van der Waals surface area contributed by atoms with Gasteiger partial charge >= 0.3 is 0 Å². The molecule has 74 valence electrons. The SMILES string of the molecule is C#CCCNCc1cc(Br)ccc1F. The Bertz CT molecular complexity index is 344. The normalized spacial score (nSPS) is 9.79. The van der Waals surface area contributed by atoms with Gasteiger partial charge in [-0.15, -0.1) is 12.3 Å². The molecule has 14 heavy (non-hydrogen) atoms. The second kappa shape index (κ2) is 5.79. The van der Waals surface area contributed by atoms with Gasteiger partial charge in [0.1, 0.15) is 5.82 Å². The van der Waals surface area contributed by atoms with Gasteiger partial charge in [-0.1, -0.05) is 15.9 Å². The Morgan fingerprint density at radius 3 is 3.00 bits per heavy atom. The van der Waals surface area contributed by atoms with Crippen LogP contribution >= 0.6 is 15.9 Å². The van der Waals surface area contributed by atoms with Crippen LogP contribution in [0.1, 0.15) is 12.0 Å². The molecule has 0 saturated carbocycles. The van der Waals surface area contributed by atoms with Crippen LogP contribution in [-0.4, -0.2) is 6.54 Å². The molecule has 0 amide bonds. The van der Waals surface area contributed by atoms with Gasteiger partial charge in [0.25, 0.3) is 0 Å². The maximum absolute atomic E-state index is 13.2. The number of benzene rings is 1. The predicted molar refractivity (Wildman–Crippen MR) is 59.3 cm³/mol. The molecule has 0 aliphatic carbocycles. The Kier molecular flexibility index (Phi) is 4.64. The van der Waals surface area contributed by atoms with E-state index in [2.05, 4.69) is 27.2 Å². The molecule has 1 aromatic rings. The van der Waals surface area contributed by atoms with Crippen LogP contribution in [0.2, 0.25) is 0 Å². The third kappa shape index (κ3) is 3.49. The van der Waals surface area contributed by atoms with E-state index in [1.807, 2.05) is 0 Å². The van der Waals surface area contributed by atoms with Gasteiger partial charge in [0.05, 0.1) is 0 Å². The summed E-state index contributed by atoms with van der Waals surface area (Å²) in [7, 11) is 0. The number of hydrogen-bond donors (Lipinski definition) is 1. The van der Waals surface area contributed by atoms with Crippen molar-refractivity contribution in [2.45, 2.75) is 13.0 Å². The van der Waals surface area contributed by atoms with Crippen LogP contribution in [0.25, 0.3) is 0 Å². The number of rotatable bonds is 4. The molecule has 3 heteroatoms.